The van der Waals surface area contributed by atoms with Gasteiger partial charge in [0.05, 0.1) is 17.0 Å². The average Bonchev–Trinajstić information content (AvgIpc) is 2.96. The van der Waals surface area contributed by atoms with Gasteiger partial charge in [-0.25, -0.2) is 0 Å². The van der Waals surface area contributed by atoms with Gasteiger partial charge in [0.15, 0.2) is 0 Å². The molecule has 1 fully saturated rings. The van der Waals surface area contributed by atoms with Crippen molar-refractivity contribution in [3.63, 3.8) is 0 Å². The molecule has 1 saturated heterocycles. The van der Waals surface area contributed by atoms with Gasteiger partial charge in [-0.1, -0.05) is 54.6 Å². The van der Waals surface area contributed by atoms with Gasteiger partial charge in [0.25, 0.3) is 11.1 Å². The predicted molar refractivity (Wildman–Crippen MR) is 109 cm³/mol. The molecule has 0 radical (unpaired) electrons. The molecule has 8 heteroatoms. The van der Waals surface area contributed by atoms with E-state index >= 15 is 0 Å². The molecule has 2 aromatic rings. The van der Waals surface area contributed by atoms with Crippen LogP contribution in [0.25, 0.3) is 10.8 Å². The summed E-state index contributed by atoms with van der Waals surface area (Å²) in [5, 5.41) is 10.9. The number of benzene rings is 2. The van der Waals surface area contributed by atoms with Gasteiger partial charge in [0.2, 0.25) is 0 Å². The SMILES string of the molecule is O=C1S/C(=C\C2C=C(C(F)(F)F)C(O)=CC2)C(=O)N1Cc1cccc2ccccc12. The van der Waals surface area contributed by atoms with Crippen molar-refractivity contribution < 1.29 is 27.9 Å². The predicted octanol–water partition coefficient (Wildman–Crippen LogP) is 5.87. The monoisotopic (exact) mass is 431 g/mol. The van der Waals surface area contributed by atoms with Crippen LogP contribution in [0.2, 0.25) is 0 Å². The molecule has 1 unspecified atom stereocenters. The van der Waals surface area contributed by atoms with Crippen molar-refractivity contribution in [3.8, 4) is 0 Å². The first kappa shape index (κ1) is 20.3. The maximum Gasteiger partial charge on any atom is 0.419 e. The third kappa shape index (κ3) is 3.87. The molecule has 1 aliphatic heterocycles. The molecule has 1 heterocycles. The summed E-state index contributed by atoms with van der Waals surface area (Å²) in [6.07, 6.45) is -1.26. The Labute approximate surface area is 174 Å². The maximum absolute atomic E-state index is 13.0. The van der Waals surface area contributed by atoms with Gasteiger partial charge in [0.1, 0.15) is 5.76 Å². The van der Waals surface area contributed by atoms with Crippen molar-refractivity contribution in [3.05, 3.63) is 82.5 Å². The molecule has 30 heavy (non-hydrogen) atoms. The summed E-state index contributed by atoms with van der Waals surface area (Å²) in [6, 6.07) is 13.2. The van der Waals surface area contributed by atoms with Gasteiger partial charge < -0.3 is 5.11 Å². The van der Waals surface area contributed by atoms with E-state index in [0.717, 1.165) is 33.4 Å². The van der Waals surface area contributed by atoms with Crippen molar-refractivity contribution >= 4 is 33.7 Å². The van der Waals surface area contributed by atoms with Gasteiger partial charge in [-0.15, -0.1) is 0 Å². The lowest BCUT2D eigenvalue weighted by molar-refractivity contribution is -0.123. The van der Waals surface area contributed by atoms with Crippen molar-refractivity contribution in [2.24, 2.45) is 5.92 Å². The number of imide groups is 1. The van der Waals surface area contributed by atoms with E-state index in [0.29, 0.717) is 11.8 Å². The van der Waals surface area contributed by atoms with Crippen LogP contribution in [0, 0.1) is 5.92 Å². The zero-order chi connectivity index (χ0) is 21.5. The Hall–Kier alpha value is -3.00. The smallest absolute Gasteiger partial charge is 0.419 e. The standard InChI is InChI=1S/C22H16F3NO3S/c23-22(24,25)17-10-13(8-9-18(17)27)11-19-20(28)26(21(29)30-19)12-15-6-3-5-14-4-1-2-7-16(14)15/h1-7,9-11,13,27H,8,12H2/b19-11-. The normalized spacial score (nSPS) is 21.4. The second-order valence-corrected chi connectivity index (χ2v) is 7.99. The molecule has 4 nitrogen and oxygen atoms in total. The van der Waals surface area contributed by atoms with Crippen LogP contribution in [0.1, 0.15) is 12.0 Å². The number of allylic oxidation sites excluding steroid dienone is 4. The number of fused-ring (bicyclic) bond motifs is 1. The van der Waals surface area contributed by atoms with Crippen LogP contribution in [0.5, 0.6) is 0 Å². The molecule has 0 saturated carbocycles. The Morgan fingerprint density at radius 1 is 1.13 bits per heavy atom. The van der Waals surface area contributed by atoms with Crippen LogP contribution in [-0.4, -0.2) is 27.3 Å². The quantitative estimate of drug-likeness (QED) is 0.618. The Morgan fingerprint density at radius 2 is 1.87 bits per heavy atom. The molecule has 2 amide bonds. The fraction of sp³-hybridized carbons (Fsp3) is 0.182. The summed E-state index contributed by atoms with van der Waals surface area (Å²) < 4.78 is 39.1. The van der Waals surface area contributed by atoms with Crippen LogP contribution < -0.4 is 0 Å². The maximum atomic E-state index is 13.0. The van der Waals surface area contributed by atoms with E-state index in [4.69, 9.17) is 0 Å². The van der Waals surface area contributed by atoms with Crippen molar-refractivity contribution in [1.29, 1.82) is 0 Å². The first-order valence-electron chi connectivity index (χ1n) is 9.14. The average molecular weight is 431 g/mol. The second kappa shape index (κ2) is 7.68. The lowest BCUT2D eigenvalue weighted by atomic mass is 9.94. The number of halogens is 3. The molecule has 154 valence electrons. The topological polar surface area (TPSA) is 57.6 Å². The number of amides is 2. The summed E-state index contributed by atoms with van der Waals surface area (Å²) in [4.78, 5) is 26.4. The third-order valence-electron chi connectivity index (χ3n) is 4.99. The lowest BCUT2D eigenvalue weighted by Crippen LogP contribution is -2.27. The first-order chi connectivity index (χ1) is 14.2. The summed E-state index contributed by atoms with van der Waals surface area (Å²) in [6.45, 7) is 0.0817. The molecule has 0 aromatic heterocycles. The highest BCUT2D eigenvalue weighted by Crippen LogP contribution is 2.38. The van der Waals surface area contributed by atoms with Gasteiger partial charge in [0, 0.05) is 5.92 Å². The molecule has 1 aliphatic carbocycles. The fourth-order valence-electron chi connectivity index (χ4n) is 3.53. The summed E-state index contributed by atoms with van der Waals surface area (Å²) in [5.41, 5.74) is -0.327. The third-order valence-corrected chi connectivity index (χ3v) is 5.92. The van der Waals surface area contributed by atoms with Crippen molar-refractivity contribution in [2.75, 3.05) is 0 Å². The minimum atomic E-state index is -4.69. The van der Waals surface area contributed by atoms with Gasteiger partial charge >= 0.3 is 6.18 Å². The van der Waals surface area contributed by atoms with Crippen LogP contribution in [0.15, 0.2) is 76.9 Å². The highest BCUT2D eigenvalue weighted by molar-refractivity contribution is 8.18. The van der Waals surface area contributed by atoms with E-state index in [1.54, 1.807) is 0 Å². The largest absolute Gasteiger partial charge is 0.508 e. The molecule has 0 spiro atoms. The fourth-order valence-corrected chi connectivity index (χ4v) is 4.41. The Balaban J connectivity index is 1.58. The van der Waals surface area contributed by atoms with Crippen molar-refractivity contribution in [2.45, 2.75) is 19.1 Å². The van der Waals surface area contributed by atoms with E-state index < -0.39 is 34.6 Å². The van der Waals surface area contributed by atoms with E-state index in [2.05, 4.69) is 0 Å². The Bertz CT molecular complexity index is 1130. The number of thioether (sulfide) groups is 1. The van der Waals surface area contributed by atoms with E-state index in [1.165, 1.54) is 6.08 Å². The van der Waals surface area contributed by atoms with Gasteiger partial charge in [-0.2, -0.15) is 13.2 Å². The molecule has 2 aromatic carbocycles. The molecule has 1 N–H and O–H groups in total. The number of alkyl halides is 3. The Morgan fingerprint density at radius 3 is 2.63 bits per heavy atom. The number of rotatable bonds is 3. The number of hydrogen-bond acceptors (Lipinski definition) is 4. The second-order valence-electron chi connectivity index (χ2n) is 7.00. The van der Waals surface area contributed by atoms with Crippen LogP contribution in [0.4, 0.5) is 18.0 Å². The molecule has 4 rings (SSSR count). The van der Waals surface area contributed by atoms with Crippen LogP contribution in [0.3, 0.4) is 0 Å². The van der Waals surface area contributed by atoms with Crippen LogP contribution >= 0.6 is 11.8 Å². The zero-order valence-electron chi connectivity index (χ0n) is 15.5. The first-order valence-corrected chi connectivity index (χ1v) is 9.96. The van der Waals surface area contributed by atoms with E-state index in [9.17, 15) is 27.9 Å². The lowest BCUT2D eigenvalue weighted by Gasteiger charge is -2.19. The summed E-state index contributed by atoms with van der Waals surface area (Å²) in [5.74, 6) is -2.09. The van der Waals surface area contributed by atoms with E-state index in [1.807, 2.05) is 42.5 Å². The molecular formula is C22H16F3NO3S. The number of carbonyl (C=O) groups excluding carboxylic acids is 2. The summed E-state index contributed by atoms with van der Waals surface area (Å²) in [7, 11) is 0. The number of aliphatic hydroxyl groups excluding tert-OH is 1. The number of aliphatic hydroxyl groups is 1. The van der Waals surface area contributed by atoms with Gasteiger partial charge in [-0.3, -0.25) is 14.5 Å². The molecule has 1 atom stereocenters. The highest BCUT2D eigenvalue weighted by Gasteiger charge is 2.39. The minimum Gasteiger partial charge on any atom is -0.508 e. The van der Waals surface area contributed by atoms with Gasteiger partial charge in [-0.05, 0) is 40.6 Å². The number of hydrogen-bond donors (Lipinski definition) is 1. The van der Waals surface area contributed by atoms with Crippen LogP contribution in [-0.2, 0) is 11.3 Å². The van der Waals surface area contributed by atoms with Crippen molar-refractivity contribution in [1.82, 2.24) is 4.90 Å². The molecule has 2 aliphatic rings. The van der Waals surface area contributed by atoms with E-state index in [-0.39, 0.29) is 17.9 Å². The molecular weight excluding hydrogens is 415 g/mol. The number of nitrogens with zero attached hydrogens (tertiary/aromatic N) is 1. The Kier molecular flexibility index (Phi) is 5.19. The minimum absolute atomic E-state index is 0.0817. The number of carbonyl (C=O) groups is 2. The zero-order valence-corrected chi connectivity index (χ0v) is 16.3. The summed E-state index contributed by atoms with van der Waals surface area (Å²) >= 11 is 0.714. The molecule has 0 bridgehead atoms. The highest BCUT2D eigenvalue weighted by atomic mass is 32.2.